The predicted octanol–water partition coefficient (Wildman–Crippen LogP) is 1.70. The molecule has 1 aliphatic heterocycles. The van der Waals surface area contributed by atoms with Crippen LogP contribution in [0.1, 0.15) is 19.8 Å². The zero-order chi connectivity index (χ0) is 8.43. The Morgan fingerprint density at radius 1 is 1.55 bits per heavy atom. The third-order valence-corrected chi connectivity index (χ3v) is 2.53. The molecule has 0 amide bonds. The summed E-state index contributed by atoms with van der Waals surface area (Å²) in [5, 5.41) is 2.86. The molecule has 0 aromatic heterocycles. The molecule has 2 nitrogen and oxygen atoms in total. The van der Waals surface area contributed by atoms with E-state index in [-0.39, 0.29) is 16.7 Å². The molecule has 64 valence electrons. The number of piperidine rings is 1. The number of halogens is 2. The van der Waals surface area contributed by atoms with Gasteiger partial charge < -0.3 is 0 Å². The number of hydrogen-bond donors (Lipinski definition) is 1. The summed E-state index contributed by atoms with van der Waals surface area (Å²) in [6.07, 6.45) is 1.44. The van der Waals surface area contributed by atoms with E-state index >= 15 is 0 Å². The van der Waals surface area contributed by atoms with Crippen LogP contribution in [-0.2, 0) is 4.79 Å². The molecule has 0 aromatic carbocycles. The summed E-state index contributed by atoms with van der Waals surface area (Å²) in [4.78, 5) is 10.8. The Hall–Kier alpha value is 0.210. The molecule has 1 saturated heterocycles. The van der Waals surface area contributed by atoms with Crippen molar-refractivity contribution in [1.82, 2.24) is 5.32 Å². The Labute approximate surface area is 76.2 Å². The molecule has 1 fully saturated rings. The Bertz CT molecular complexity index is 153. The summed E-state index contributed by atoms with van der Waals surface area (Å²) in [6, 6.07) is 0.291. The molecule has 0 aromatic rings. The van der Waals surface area contributed by atoms with Gasteiger partial charge in [-0.2, -0.15) is 0 Å². The third-order valence-electron chi connectivity index (χ3n) is 1.92. The lowest BCUT2D eigenvalue weighted by molar-refractivity contribution is -0.116. The molecule has 3 atom stereocenters. The van der Waals surface area contributed by atoms with Crippen LogP contribution in [0, 0.1) is 5.92 Å². The van der Waals surface area contributed by atoms with Crippen LogP contribution < -0.4 is 5.32 Å². The lowest BCUT2D eigenvalue weighted by Crippen LogP contribution is -2.42. The molecule has 3 unspecified atom stereocenters. The number of carbonyl (C=O) groups is 1. The number of nitrogens with one attached hydrogen (secondary N) is 1. The van der Waals surface area contributed by atoms with Gasteiger partial charge in [0.2, 0.25) is 5.24 Å². The smallest absolute Gasteiger partial charge is 0.224 e. The van der Waals surface area contributed by atoms with Gasteiger partial charge in [0.15, 0.2) is 0 Å². The average molecular weight is 196 g/mol. The molecule has 11 heavy (non-hydrogen) atoms. The van der Waals surface area contributed by atoms with Crippen molar-refractivity contribution in [2.75, 3.05) is 0 Å². The van der Waals surface area contributed by atoms with Crippen LogP contribution in [0.5, 0.6) is 0 Å². The molecule has 1 aliphatic rings. The summed E-state index contributed by atoms with van der Waals surface area (Å²) in [5.41, 5.74) is -0.105. The van der Waals surface area contributed by atoms with Crippen molar-refractivity contribution in [3.63, 3.8) is 0 Å². The minimum absolute atomic E-state index is 0.0598. The minimum atomic E-state index is -0.260. The second-order valence-corrected chi connectivity index (χ2v) is 3.91. The maximum Gasteiger partial charge on any atom is 0.224 e. The summed E-state index contributed by atoms with van der Waals surface area (Å²) in [5.74, 6) is -0.0598. The van der Waals surface area contributed by atoms with Gasteiger partial charge in [-0.25, -0.2) is 0 Å². The van der Waals surface area contributed by atoms with Gasteiger partial charge in [0.1, 0.15) is 0 Å². The first-order chi connectivity index (χ1) is 5.09. The highest BCUT2D eigenvalue weighted by atomic mass is 35.5. The first-order valence-corrected chi connectivity index (χ1v) is 4.50. The van der Waals surface area contributed by atoms with Gasteiger partial charge in [-0.15, -0.1) is 11.6 Å². The lowest BCUT2D eigenvalue weighted by atomic mass is 9.94. The van der Waals surface area contributed by atoms with Crippen LogP contribution in [0.2, 0.25) is 0 Å². The van der Waals surface area contributed by atoms with E-state index in [2.05, 4.69) is 5.32 Å². The zero-order valence-corrected chi connectivity index (χ0v) is 7.82. The van der Waals surface area contributed by atoms with Gasteiger partial charge in [0, 0.05) is 12.0 Å². The molecule has 0 radical (unpaired) electrons. The van der Waals surface area contributed by atoms with Gasteiger partial charge in [-0.05, 0) is 31.4 Å². The fourth-order valence-electron chi connectivity index (χ4n) is 1.40. The first kappa shape index (κ1) is 9.30. The van der Waals surface area contributed by atoms with Gasteiger partial charge in [-0.3, -0.25) is 10.1 Å². The first-order valence-electron chi connectivity index (χ1n) is 3.69. The van der Waals surface area contributed by atoms with Gasteiger partial charge in [0.25, 0.3) is 0 Å². The van der Waals surface area contributed by atoms with Gasteiger partial charge in [0.05, 0.1) is 5.50 Å². The van der Waals surface area contributed by atoms with E-state index in [1.165, 1.54) is 0 Å². The Morgan fingerprint density at radius 2 is 2.18 bits per heavy atom. The van der Waals surface area contributed by atoms with Crippen LogP contribution in [0.25, 0.3) is 0 Å². The molecule has 1 rings (SSSR count). The van der Waals surface area contributed by atoms with E-state index in [0.29, 0.717) is 12.5 Å². The molecule has 0 saturated carbocycles. The maximum atomic E-state index is 10.8. The summed E-state index contributed by atoms with van der Waals surface area (Å²) < 4.78 is 0. The maximum absolute atomic E-state index is 10.8. The van der Waals surface area contributed by atoms with E-state index in [0.717, 1.165) is 6.42 Å². The van der Waals surface area contributed by atoms with E-state index in [1.54, 1.807) is 0 Å². The molecule has 4 heteroatoms. The molecule has 0 spiro atoms. The molecule has 1 N–H and O–H groups in total. The number of rotatable bonds is 1. The number of carbonyl (C=O) groups excluding carboxylic acids is 1. The highest BCUT2D eigenvalue weighted by molar-refractivity contribution is 6.64. The van der Waals surface area contributed by atoms with Crippen molar-refractivity contribution < 1.29 is 4.79 Å². The molecular weight excluding hydrogens is 185 g/mol. The van der Waals surface area contributed by atoms with E-state index < -0.39 is 0 Å². The second kappa shape index (κ2) is 3.74. The number of alkyl halides is 1. The van der Waals surface area contributed by atoms with Crippen LogP contribution in [0.3, 0.4) is 0 Å². The van der Waals surface area contributed by atoms with Crippen LogP contribution >= 0.6 is 23.2 Å². The zero-order valence-electron chi connectivity index (χ0n) is 6.31. The van der Waals surface area contributed by atoms with Crippen LogP contribution in [0.15, 0.2) is 0 Å². The normalized spacial score (nSPS) is 38.6. The molecule has 1 heterocycles. The third kappa shape index (κ3) is 2.62. The standard InChI is InChI=1S/C7H11Cl2NO/c1-4-2-5(7(9)11)3-6(8)10-4/h4-6,10H,2-3H2,1H3. The fraction of sp³-hybridized carbons (Fsp3) is 0.857. The lowest BCUT2D eigenvalue weighted by Gasteiger charge is -2.29. The topological polar surface area (TPSA) is 29.1 Å². The van der Waals surface area contributed by atoms with Gasteiger partial charge >= 0.3 is 0 Å². The molecule has 0 bridgehead atoms. The van der Waals surface area contributed by atoms with Crippen LogP contribution in [-0.4, -0.2) is 16.8 Å². The van der Waals surface area contributed by atoms with E-state index in [9.17, 15) is 4.79 Å². The van der Waals surface area contributed by atoms with Crippen molar-refractivity contribution >= 4 is 28.4 Å². The number of hydrogen-bond acceptors (Lipinski definition) is 2. The largest absolute Gasteiger partial charge is 0.299 e. The van der Waals surface area contributed by atoms with Crippen molar-refractivity contribution in [3.05, 3.63) is 0 Å². The molecule has 0 aliphatic carbocycles. The Morgan fingerprint density at radius 3 is 2.64 bits per heavy atom. The quantitative estimate of drug-likeness (QED) is 0.393. The van der Waals surface area contributed by atoms with Gasteiger partial charge in [-0.1, -0.05) is 0 Å². The van der Waals surface area contributed by atoms with E-state index in [1.807, 2.05) is 6.92 Å². The Kier molecular flexibility index (Phi) is 3.16. The van der Waals surface area contributed by atoms with Crippen LogP contribution in [0.4, 0.5) is 0 Å². The average Bonchev–Trinajstić information content (AvgIpc) is 1.85. The second-order valence-electron chi connectivity index (χ2n) is 3.01. The van der Waals surface area contributed by atoms with Crippen molar-refractivity contribution in [2.45, 2.75) is 31.3 Å². The summed E-state index contributed by atoms with van der Waals surface area (Å²) in [7, 11) is 0. The van der Waals surface area contributed by atoms with Crippen molar-refractivity contribution in [1.29, 1.82) is 0 Å². The Balaban J connectivity index is 2.49. The fourth-order valence-corrected chi connectivity index (χ4v) is 2.01. The van der Waals surface area contributed by atoms with Crippen molar-refractivity contribution in [3.8, 4) is 0 Å². The monoisotopic (exact) mass is 195 g/mol. The van der Waals surface area contributed by atoms with E-state index in [4.69, 9.17) is 23.2 Å². The summed E-state index contributed by atoms with van der Waals surface area (Å²) >= 11 is 11.2. The SMILES string of the molecule is CC1CC(C(=O)Cl)CC(Cl)N1. The highest BCUT2D eigenvalue weighted by Crippen LogP contribution is 2.23. The minimum Gasteiger partial charge on any atom is -0.299 e. The molecular formula is C7H11Cl2NO. The predicted molar refractivity (Wildman–Crippen MR) is 45.8 cm³/mol. The highest BCUT2D eigenvalue weighted by Gasteiger charge is 2.28. The summed E-state index contributed by atoms with van der Waals surface area (Å²) in [6.45, 7) is 2.00. The van der Waals surface area contributed by atoms with Crippen molar-refractivity contribution in [2.24, 2.45) is 5.92 Å².